The van der Waals surface area contributed by atoms with Crippen LogP contribution in [0.4, 0.5) is 4.39 Å². The van der Waals surface area contributed by atoms with Gasteiger partial charge in [0.2, 0.25) is 0 Å². The van der Waals surface area contributed by atoms with E-state index in [0.717, 1.165) is 4.90 Å². The van der Waals surface area contributed by atoms with Gasteiger partial charge < -0.3 is 0 Å². The van der Waals surface area contributed by atoms with Crippen molar-refractivity contribution in [2.45, 2.75) is 4.90 Å². The molecule has 5 heteroatoms. The standard InChI is InChI=1S/C14H9BrClFOS/c1-19-13-5-3-2-4-8(13)14(18)9-6-11(16)10(15)7-12(9)17/h2-7H,1H3. The van der Waals surface area contributed by atoms with Gasteiger partial charge in [0.25, 0.3) is 0 Å². The second-order valence-corrected chi connectivity index (χ2v) is 5.89. The van der Waals surface area contributed by atoms with Crippen LogP contribution < -0.4 is 0 Å². The normalized spacial score (nSPS) is 10.5. The first-order valence-electron chi connectivity index (χ1n) is 5.37. The van der Waals surface area contributed by atoms with Crippen LogP contribution in [0.1, 0.15) is 15.9 Å². The summed E-state index contributed by atoms with van der Waals surface area (Å²) in [7, 11) is 0. The monoisotopic (exact) mass is 358 g/mol. The largest absolute Gasteiger partial charge is 0.288 e. The molecule has 2 aromatic carbocycles. The zero-order chi connectivity index (χ0) is 14.0. The fourth-order valence-corrected chi connectivity index (χ4v) is 2.75. The topological polar surface area (TPSA) is 17.1 Å². The van der Waals surface area contributed by atoms with Gasteiger partial charge in [-0.15, -0.1) is 11.8 Å². The van der Waals surface area contributed by atoms with E-state index in [4.69, 9.17) is 11.6 Å². The Morgan fingerprint density at radius 2 is 1.95 bits per heavy atom. The molecule has 0 bridgehead atoms. The summed E-state index contributed by atoms with van der Waals surface area (Å²) in [5, 5.41) is 0.311. The third kappa shape index (κ3) is 3.02. The Labute approximate surface area is 128 Å². The van der Waals surface area contributed by atoms with E-state index in [1.165, 1.54) is 23.9 Å². The Kier molecular flexibility index (Phi) is 4.66. The molecule has 1 nitrogen and oxygen atoms in total. The van der Waals surface area contributed by atoms with E-state index in [-0.39, 0.29) is 11.3 Å². The lowest BCUT2D eigenvalue weighted by molar-refractivity contribution is 0.103. The van der Waals surface area contributed by atoms with Gasteiger partial charge in [-0.3, -0.25) is 4.79 Å². The van der Waals surface area contributed by atoms with Crippen LogP contribution in [0, 0.1) is 5.82 Å². The molecule has 0 aliphatic rings. The van der Waals surface area contributed by atoms with E-state index in [9.17, 15) is 9.18 Å². The van der Waals surface area contributed by atoms with Gasteiger partial charge in [-0.2, -0.15) is 0 Å². The maximum absolute atomic E-state index is 13.9. The van der Waals surface area contributed by atoms with Crippen LogP contribution in [0.3, 0.4) is 0 Å². The van der Waals surface area contributed by atoms with Gasteiger partial charge in [0.1, 0.15) is 5.82 Å². The van der Waals surface area contributed by atoms with Crippen LogP contribution in [-0.4, -0.2) is 12.0 Å². The maximum atomic E-state index is 13.9. The molecule has 0 radical (unpaired) electrons. The van der Waals surface area contributed by atoms with Crippen molar-refractivity contribution in [2.75, 3.05) is 6.26 Å². The number of carbonyl (C=O) groups excluding carboxylic acids is 1. The summed E-state index contributed by atoms with van der Waals surface area (Å²) in [6.07, 6.45) is 1.87. The summed E-state index contributed by atoms with van der Waals surface area (Å²) in [5.41, 5.74) is 0.460. The van der Waals surface area contributed by atoms with Crippen LogP contribution in [0.25, 0.3) is 0 Å². The highest BCUT2D eigenvalue weighted by atomic mass is 79.9. The molecule has 19 heavy (non-hydrogen) atoms. The van der Waals surface area contributed by atoms with Gasteiger partial charge in [-0.25, -0.2) is 4.39 Å². The second kappa shape index (κ2) is 6.07. The molecule has 2 aromatic rings. The van der Waals surface area contributed by atoms with Crippen molar-refractivity contribution in [3.05, 3.63) is 62.8 Å². The summed E-state index contributed by atoms with van der Waals surface area (Å²) in [6, 6.07) is 9.66. The van der Waals surface area contributed by atoms with Crippen molar-refractivity contribution < 1.29 is 9.18 Å². The zero-order valence-electron chi connectivity index (χ0n) is 9.91. The molecular weight excluding hydrogens is 351 g/mol. The van der Waals surface area contributed by atoms with Crippen molar-refractivity contribution in [2.24, 2.45) is 0 Å². The minimum Gasteiger partial charge on any atom is -0.288 e. The average Bonchev–Trinajstić information content (AvgIpc) is 2.42. The summed E-state index contributed by atoms with van der Waals surface area (Å²) in [4.78, 5) is 13.2. The van der Waals surface area contributed by atoms with Gasteiger partial charge in [-0.05, 0) is 46.5 Å². The van der Waals surface area contributed by atoms with Crippen LogP contribution in [-0.2, 0) is 0 Å². The average molecular weight is 360 g/mol. The van der Waals surface area contributed by atoms with Crippen LogP contribution in [0.2, 0.25) is 5.02 Å². The lowest BCUT2D eigenvalue weighted by atomic mass is 10.0. The van der Waals surface area contributed by atoms with Crippen LogP contribution in [0.5, 0.6) is 0 Å². The van der Waals surface area contributed by atoms with Crippen molar-refractivity contribution in [1.29, 1.82) is 0 Å². The molecule has 0 aromatic heterocycles. The number of hydrogen-bond donors (Lipinski definition) is 0. The molecule has 98 valence electrons. The highest BCUT2D eigenvalue weighted by Gasteiger charge is 2.18. The lowest BCUT2D eigenvalue weighted by Gasteiger charge is -2.08. The number of halogens is 3. The van der Waals surface area contributed by atoms with E-state index in [2.05, 4.69) is 15.9 Å². The van der Waals surface area contributed by atoms with E-state index >= 15 is 0 Å². The summed E-state index contributed by atoms with van der Waals surface area (Å²) in [6.45, 7) is 0. The Morgan fingerprint density at radius 1 is 1.26 bits per heavy atom. The molecule has 0 spiro atoms. The van der Waals surface area contributed by atoms with Crippen molar-refractivity contribution in [3.8, 4) is 0 Å². The van der Waals surface area contributed by atoms with E-state index in [1.807, 2.05) is 18.4 Å². The van der Waals surface area contributed by atoms with E-state index in [1.54, 1.807) is 12.1 Å². The first-order valence-corrected chi connectivity index (χ1v) is 7.76. The Bertz CT molecular complexity index is 645. The maximum Gasteiger partial charge on any atom is 0.197 e. The van der Waals surface area contributed by atoms with E-state index in [0.29, 0.717) is 15.1 Å². The molecule has 0 saturated heterocycles. The molecule has 0 fully saturated rings. The molecule has 0 unspecified atom stereocenters. The number of hydrogen-bond acceptors (Lipinski definition) is 2. The SMILES string of the molecule is CSc1ccccc1C(=O)c1cc(Cl)c(Br)cc1F. The second-order valence-electron chi connectivity index (χ2n) is 3.78. The van der Waals surface area contributed by atoms with Gasteiger partial charge in [-0.1, -0.05) is 23.7 Å². The number of carbonyl (C=O) groups is 1. The predicted octanol–water partition coefficient (Wildman–Crippen LogP) is 5.19. The molecule has 0 N–H and O–H groups in total. The third-order valence-corrected chi connectivity index (χ3v) is 4.60. The smallest absolute Gasteiger partial charge is 0.197 e. The lowest BCUT2D eigenvalue weighted by Crippen LogP contribution is -2.06. The van der Waals surface area contributed by atoms with Crippen molar-refractivity contribution >= 4 is 45.1 Å². The van der Waals surface area contributed by atoms with E-state index < -0.39 is 5.82 Å². The Balaban J connectivity index is 2.53. The number of ketones is 1. The Hall–Kier alpha value is -0.840. The minimum absolute atomic E-state index is 0.0188. The molecule has 0 atom stereocenters. The quantitative estimate of drug-likeness (QED) is 0.426. The minimum atomic E-state index is -0.586. The van der Waals surface area contributed by atoms with Crippen molar-refractivity contribution in [3.63, 3.8) is 0 Å². The fraction of sp³-hybridized carbons (Fsp3) is 0.0714. The third-order valence-electron chi connectivity index (χ3n) is 2.61. The number of rotatable bonds is 3. The van der Waals surface area contributed by atoms with Crippen LogP contribution >= 0.6 is 39.3 Å². The van der Waals surface area contributed by atoms with Gasteiger partial charge in [0, 0.05) is 14.9 Å². The summed E-state index contributed by atoms with van der Waals surface area (Å²) >= 11 is 10.5. The molecule has 0 amide bonds. The molecule has 0 saturated carbocycles. The molecular formula is C14H9BrClFOS. The van der Waals surface area contributed by atoms with Crippen molar-refractivity contribution in [1.82, 2.24) is 0 Å². The van der Waals surface area contributed by atoms with Gasteiger partial charge in [0.05, 0.1) is 10.6 Å². The fourth-order valence-electron chi connectivity index (χ4n) is 1.67. The molecule has 2 rings (SSSR count). The van der Waals surface area contributed by atoms with Gasteiger partial charge >= 0.3 is 0 Å². The molecule has 0 aliphatic heterocycles. The number of benzene rings is 2. The Morgan fingerprint density at radius 3 is 2.63 bits per heavy atom. The zero-order valence-corrected chi connectivity index (χ0v) is 13.1. The molecule has 0 heterocycles. The van der Waals surface area contributed by atoms with Crippen LogP contribution in [0.15, 0.2) is 45.8 Å². The first-order chi connectivity index (χ1) is 9.04. The predicted molar refractivity (Wildman–Crippen MR) is 80.8 cm³/mol. The molecule has 0 aliphatic carbocycles. The summed E-state index contributed by atoms with van der Waals surface area (Å²) < 4.78 is 14.3. The number of thioether (sulfide) groups is 1. The van der Waals surface area contributed by atoms with Gasteiger partial charge in [0.15, 0.2) is 5.78 Å². The highest BCUT2D eigenvalue weighted by molar-refractivity contribution is 9.10. The first kappa shape index (κ1) is 14.6. The highest BCUT2D eigenvalue weighted by Crippen LogP contribution is 2.29. The summed E-state index contributed by atoms with van der Waals surface area (Å²) in [5.74, 6) is -0.950.